The lowest BCUT2D eigenvalue weighted by molar-refractivity contribution is -0.117. The Morgan fingerprint density at radius 1 is 1.29 bits per heavy atom. The van der Waals surface area contributed by atoms with Crippen LogP contribution >= 0.6 is 0 Å². The molecule has 1 unspecified atom stereocenters. The van der Waals surface area contributed by atoms with Gasteiger partial charge in [0.25, 0.3) is 5.91 Å². The minimum Gasteiger partial charge on any atom is -0.394 e. The Morgan fingerprint density at radius 3 is 2.84 bits per heavy atom. The van der Waals surface area contributed by atoms with Gasteiger partial charge in [0.1, 0.15) is 18.0 Å². The van der Waals surface area contributed by atoms with E-state index in [9.17, 15) is 9.90 Å². The van der Waals surface area contributed by atoms with Crippen LogP contribution in [-0.2, 0) is 11.2 Å². The molecule has 0 spiro atoms. The summed E-state index contributed by atoms with van der Waals surface area (Å²) in [5.41, 5.74) is 3.26. The van der Waals surface area contributed by atoms with Crippen LogP contribution < -0.4 is 20.9 Å². The van der Waals surface area contributed by atoms with E-state index in [0.29, 0.717) is 24.1 Å². The van der Waals surface area contributed by atoms with E-state index in [0.717, 1.165) is 43.6 Å². The lowest BCUT2D eigenvalue weighted by Crippen LogP contribution is -2.37. The van der Waals surface area contributed by atoms with Gasteiger partial charge in [-0.2, -0.15) is 0 Å². The van der Waals surface area contributed by atoms with Crippen molar-refractivity contribution in [2.24, 2.45) is 5.92 Å². The standard InChI is InChI=1S/C23H30N6O2/c1-15-21(28-16(2)23(31)25-12-17-7-9-24-10-8-17)26-14-27-22(15)29-19(13-30)11-18-5-3-4-6-20(18)29/h3-6,14,17,19,24,30H,2,7-13H2,1H3,(H,25,31)(H,26,27,28). The molecule has 1 fully saturated rings. The number of amides is 1. The lowest BCUT2D eigenvalue weighted by Gasteiger charge is -2.27. The van der Waals surface area contributed by atoms with Crippen LogP contribution in [0.25, 0.3) is 0 Å². The zero-order valence-electron chi connectivity index (χ0n) is 17.9. The van der Waals surface area contributed by atoms with Crippen molar-refractivity contribution >= 4 is 23.2 Å². The Balaban J connectivity index is 1.47. The number of anilines is 3. The SMILES string of the molecule is C=C(Nc1ncnc(N2c3ccccc3CC2CO)c1C)C(=O)NCC1CCNCC1. The van der Waals surface area contributed by atoms with Gasteiger partial charge in [0, 0.05) is 17.8 Å². The first kappa shape index (κ1) is 21.3. The molecule has 0 saturated carbocycles. The first-order valence-electron chi connectivity index (χ1n) is 10.8. The Morgan fingerprint density at radius 2 is 2.06 bits per heavy atom. The molecule has 8 heteroatoms. The molecule has 1 atom stereocenters. The fraction of sp³-hybridized carbons (Fsp3) is 0.435. The van der Waals surface area contributed by atoms with Crippen LogP contribution in [-0.4, -0.2) is 53.3 Å². The number of hydrogen-bond donors (Lipinski definition) is 4. The lowest BCUT2D eigenvalue weighted by atomic mass is 9.98. The fourth-order valence-corrected chi connectivity index (χ4v) is 4.33. The Kier molecular flexibility index (Phi) is 6.48. The molecular weight excluding hydrogens is 392 g/mol. The Bertz CT molecular complexity index is 957. The van der Waals surface area contributed by atoms with Crippen molar-refractivity contribution in [1.82, 2.24) is 20.6 Å². The van der Waals surface area contributed by atoms with E-state index in [4.69, 9.17) is 0 Å². The molecule has 2 aliphatic heterocycles. The van der Waals surface area contributed by atoms with Gasteiger partial charge < -0.3 is 26.0 Å². The summed E-state index contributed by atoms with van der Waals surface area (Å²) >= 11 is 0. The zero-order valence-corrected chi connectivity index (χ0v) is 17.9. The maximum atomic E-state index is 12.5. The third-order valence-electron chi connectivity index (χ3n) is 6.12. The molecule has 4 rings (SSSR count). The summed E-state index contributed by atoms with van der Waals surface area (Å²) in [6.45, 7) is 8.48. The summed E-state index contributed by atoms with van der Waals surface area (Å²) in [5, 5.41) is 19.3. The van der Waals surface area contributed by atoms with Gasteiger partial charge in [-0.05, 0) is 56.8 Å². The first-order chi connectivity index (χ1) is 15.1. The van der Waals surface area contributed by atoms with Crippen molar-refractivity contribution < 1.29 is 9.90 Å². The van der Waals surface area contributed by atoms with Crippen molar-refractivity contribution in [2.45, 2.75) is 32.2 Å². The first-order valence-corrected chi connectivity index (χ1v) is 10.8. The van der Waals surface area contributed by atoms with E-state index in [2.05, 4.69) is 43.5 Å². The molecule has 2 aromatic rings. The average Bonchev–Trinajstić information content (AvgIpc) is 3.18. The van der Waals surface area contributed by atoms with Crippen LogP contribution in [0.2, 0.25) is 0 Å². The summed E-state index contributed by atoms with van der Waals surface area (Å²) in [6.07, 6.45) is 4.36. The van der Waals surface area contributed by atoms with Crippen LogP contribution in [0.5, 0.6) is 0 Å². The maximum absolute atomic E-state index is 12.5. The summed E-state index contributed by atoms with van der Waals surface area (Å²) in [7, 11) is 0. The topological polar surface area (TPSA) is 102 Å². The number of piperidine rings is 1. The zero-order chi connectivity index (χ0) is 21.8. The van der Waals surface area contributed by atoms with Gasteiger partial charge in [-0.3, -0.25) is 4.79 Å². The minimum absolute atomic E-state index is 0.0205. The van der Waals surface area contributed by atoms with Crippen LogP contribution in [0.3, 0.4) is 0 Å². The Labute approximate surface area is 182 Å². The van der Waals surface area contributed by atoms with Gasteiger partial charge in [0.05, 0.1) is 18.3 Å². The van der Waals surface area contributed by atoms with E-state index in [1.807, 2.05) is 25.1 Å². The second-order valence-corrected chi connectivity index (χ2v) is 8.22. The summed E-state index contributed by atoms with van der Waals surface area (Å²) in [4.78, 5) is 23.4. The van der Waals surface area contributed by atoms with E-state index in [1.165, 1.54) is 11.9 Å². The third kappa shape index (κ3) is 4.55. The van der Waals surface area contributed by atoms with E-state index in [-0.39, 0.29) is 24.3 Å². The van der Waals surface area contributed by atoms with Crippen molar-refractivity contribution in [2.75, 3.05) is 36.5 Å². The molecule has 2 aliphatic rings. The number of carbonyl (C=O) groups excluding carboxylic acids is 1. The number of para-hydroxylation sites is 1. The number of carbonyl (C=O) groups is 1. The minimum atomic E-state index is -0.224. The predicted octanol–water partition coefficient (Wildman–Crippen LogP) is 1.88. The summed E-state index contributed by atoms with van der Waals surface area (Å²) < 4.78 is 0. The third-order valence-corrected chi connectivity index (χ3v) is 6.12. The number of benzene rings is 1. The molecule has 1 aromatic heterocycles. The second kappa shape index (κ2) is 9.45. The highest BCUT2D eigenvalue weighted by Crippen LogP contribution is 2.39. The molecule has 164 valence electrons. The van der Waals surface area contributed by atoms with Gasteiger partial charge >= 0.3 is 0 Å². The van der Waals surface area contributed by atoms with Crippen LogP contribution in [0.4, 0.5) is 17.3 Å². The Hall–Kier alpha value is -2.97. The molecule has 0 bridgehead atoms. The van der Waals surface area contributed by atoms with Gasteiger partial charge in [0.15, 0.2) is 0 Å². The van der Waals surface area contributed by atoms with Crippen molar-refractivity contribution in [3.05, 3.63) is 54.0 Å². The molecule has 1 amide bonds. The maximum Gasteiger partial charge on any atom is 0.267 e. The average molecular weight is 423 g/mol. The predicted molar refractivity (Wildman–Crippen MR) is 121 cm³/mol. The molecule has 3 heterocycles. The number of rotatable bonds is 7. The van der Waals surface area contributed by atoms with Crippen molar-refractivity contribution in [3.8, 4) is 0 Å². The van der Waals surface area contributed by atoms with Gasteiger partial charge in [-0.15, -0.1) is 0 Å². The van der Waals surface area contributed by atoms with Gasteiger partial charge in [0.2, 0.25) is 0 Å². The molecule has 1 aromatic carbocycles. The monoisotopic (exact) mass is 422 g/mol. The van der Waals surface area contributed by atoms with Crippen LogP contribution in [0, 0.1) is 12.8 Å². The molecule has 1 saturated heterocycles. The number of aliphatic hydroxyl groups is 1. The number of aromatic nitrogens is 2. The van der Waals surface area contributed by atoms with E-state index >= 15 is 0 Å². The molecule has 0 radical (unpaired) electrons. The van der Waals surface area contributed by atoms with Crippen LogP contribution in [0.15, 0.2) is 42.9 Å². The highest BCUT2D eigenvalue weighted by atomic mass is 16.3. The van der Waals surface area contributed by atoms with Crippen molar-refractivity contribution in [3.63, 3.8) is 0 Å². The molecular formula is C23H30N6O2. The smallest absolute Gasteiger partial charge is 0.267 e. The summed E-state index contributed by atoms with van der Waals surface area (Å²) in [6, 6.07) is 8.00. The number of aliphatic hydroxyl groups excluding tert-OH is 1. The highest BCUT2D eigenvalue weighted by Gasteiger charge is 2.32. The molecule has 0 aliphatic carbocycles. The quantitative estimate of drug-likeness (QED) is 0.505. The molecule has 8 nitrogen and oxygen atoms in total. The van der Waals surface area contributed by atoms with E-state index in [1.54, 1.807) is 0 Å². The molecule has 4 N–H and O–H groups in total. The second-order valence-electron chi connectivity index (χ2n) is 8.22. The van der Waals surface area contributed by atoms with E-state index < -0.39 is 0 Å². The highest BCUT2D eigenvalue weighted by molar-refractivity contribution is 5.95. The van der Waals surface area contributed by atoms with Crippen LogP contribution in [0.1, 0.15) is 24.0 Å². The number of fused-ring (bicyclic) bond motifs is 1. The number of hydrogen-bond acceptors (Lipinski definition) is 7. The van der Waals surface area contributed by atoms with Gasteiger partial charge in [-0.25, -0.2) is 9.97 Å². The molecule has 31 heavy (non-hydrogen) atoms. The number of nitrogens with one attached hydrogen (secondary N) is 3. The van der Waals surface area contributed by atoms with Crippen molar-refractivity contribution in [1.29, 1.82) is 0 Å². The number of nitrogens with zero attached hydrogens (tertiary/aromatic N) is 3. The normalized spacial score (nSPS) is 18.5. The summed E-state index contributed by atoms with van der Waals surface area (Å²) in [5.74, 6) is 1.52. The largest absolute Gasteiger partial charge is 0.394 e. The van der Waals surface area contributed by atoms with Gasteiger partial charge in [-0.1, -0.05) is 24.8 Å². The fourth-order valence-electron chi connectivity index (χ4n) is 4.33.